The van der Waals surface area contributed by atoms with E-state index in [4.69, 9.17) is 0 Å². The van der Waals surface area contributed by atoms with E-state index in [9.17, 15) is 4.39 Å². The van der Waals surface area contributed by atoms with Crippen molar-refractivity contribution < 1.29 is 4.39 Å². The maximum absolute atomic E-state index is 13.5. The average molecular weight is 257 g/mol. The topological polar surface area (TPSA) is 12.0 Å². The molecule has 1 N–H and O–H groups in total. The molecule has 0 aliphatic rings. The first-order valence-corrected chi connectivity index (χ1v) is 6.62. The molecule has 0 fully saturated rings. The molecule has 0 aliphatic heterocycles. The van der Waals surface area contributed by atoms with Crippen LogP contribution in [0, 0.1) is 19.7 Å². The Labute approximate surface area is 114 Å². The molecule has 1 unspecified atom stereocenters. The maximum Gasteiger partial charge on any atom is 0.127 e. The van der Waals surface area contributed by atoms with E-state index in [1.165, 1.54) is 22.8 Å². The molecule has 2 aromatic carbocycles. The third-order valence-electron chi connectivity index (χ3n) is 3.46. The predicted molar refractivity (Wildman–Crippen MR) is 77.6 cm³/mol. The second-order valence-electron chi connectivity index (χ2n) is 5.05. The highest BCUT2D eigenvalue weighted by molar-refractivity contribution is 5.32. The summed E-state index contributed by atoms with van der Waals surface area (Å²) in [6.07, 6.45) is 0. The van der Waals surface area contributed by atoms with Crippen molar-refractivity contribution in [2.24, 2.45) is 0 Å². The number of benzene rings is 2. The molecule has 0 saturated carbocycles. The van der Waals surface area contributed by atoms with Gasteiger partial charge >= 0.3 is 0 Å². The monoisotopic (exact) mass is 257 g/mol. The summed E-state index contributed by atoms with van der Waals surface area (Å²) in [6, 6.07) is 13.5. The lowest BCUT2D eigenvalue weighted by molar-refractivity contribution is 0.542. The Hall–Kier alpha value is -1.67. The van der Waals surface area contributed by atoms with Gasteiger partial charge in [-0.3, -0.25) is 0 Å². The van der Waals surface area contributed by atoms with Gasteiger partial charge in [0.1, 0.15) is 5.82 Å². The van der Waals surface area contributed by atoms with Gasteiger partial charge in [-0.2, -0.15) is 0 Å². The zero-order chi connectivity index (χ0) is 13.8. The van der Waals surface area contributed by atoms with Crippen LogP contribution in [-0.4, -0.2) is 0 Å². The lowest BCUT2D eigenvalue weighted by atomic mass is 10.00. The second-order valence-corrected chi connectivity index (χ2v) is 5.05. The fourth-order valence-corrected chi connectivity index (χ4v) is 2.24. The molecule has 19 heavy (non-hydrogen) atoms. The molecule has 0 spiro atoms. The normalized spacial score (nSPS) is 12.4. The third-order valence-corrected chi connectivity index (χ3v) is 3.46. The molecule has 100 valence electrons. The molecular formula is C17H20FN. The first-order chi connectivity index (χ1) is 9.08. The number of halogens is 1. The molecule has 0 aliphatic carbocycles. The van der Waals surface area contributed by atoms with Gasteiger partial charge in [-0.05, 0) is 38.0 Å². The van der Waals surface area contributed by atoms with Gasteiger partial charge in [-0.25, -0.2) is 4.39 Å². The lowest BCUT2D eigenvalue weighted by Crippen LogP contribution is -2.19. The minimum atomic E-state index is -0.150. The van der Waals surface area contributed by atoms with Crippen molar-refractivity contribution in [2.75, 3.05) is 0 Å². The molecule has 0 radical (unpaired) electrons. The number of nitrogens with one attached hydrogen (secondary N) is 1. The molecule has 0 saturated heterocycles. The van der Waals surface area contributed by atoms with Gasteiger partial charge in [0.25, 0.3) is 0 Å². The lowest BCUT2D eigenvalue weighted by Gasteiger charge is -2.17. The molecular weight excluding hydrogens is 237 g/mol. The van der Waals surface area contributed by atoms with E-state index < -0.39 is 0 Å². The van der Waals surface area contributed by atoms with E-state index in [1.54, 1.807) is 6.07 Å². The minimum Gasteiger partial charge on any atom is -0.306 e. The van der Waals surface area contributed by atoms with Crippen molar-refractivity contribution in [1.82, 2.24) is 5.32 Å². The SMILES string of the molecule is Cc1ccc(C)c(C(C)NCc2ccccc2F)c1. The van der Waals surface area contributed by atoms with Crippen LogP contribution in [0.25, 0.3) is 0 Å². The molecule has 2 rings (SSSR count). The Kier molecular flexibility index (Phi) is 4.33. The van der Waals surface area contributed by atoms with Gasteiger partial charge in [0.05, 0.1) is 0 Å². The highest BCUT2D eigenvalue weighted by Crippen LogP contribution is 2.19. The molecule has 1 atom stereocenters. The van der Waals surface area contributed by atoms with E-state index in [0.717, 1.165) is 0 Å². The van der Waals surface area contributed by atoms with Crippen molar-refractivity contribution in [3.63, 3.8) is 0 Å². The molecule has 2 aromatic rings. The van der Waals surface area contributed by atoms with Gasteiger partial charge < -0.3 is 5.32 Å². The Morgan fingerprint density at radius 3 is 2.58 bits per heavy atom. The van der Waals surface area contributed by atoms with Gasteiger partial charge in [0.15, 0.2) is 0 Å². The molecule has 2 heteroatoms. The van der Waals surface area contributed by atoms with Gasteiger partial charge in [0.2, 0.25) is 0 Å². The average Bonchev–Trinajstić information content (AvgIpc) is 2.40. The standard InChI is InChI=1S/C17H20FN/c1-12-8-9-13(2)16(10-12)14(3)19-11-15-6-4-5-7-17(15)18/h4-10,14,19H,11H2,1-3H3. The zero-order valence-electron chi connectivity index (χ0n) is 11.7. The summed E-state index contributed by atoms with van der Waals surface area (Å²) in [7, 11) is 0. The van der Waals surface area contributed by atoms with Crippen molar-refractivity contribution >= 4 is 0 Å². The van der Waals surface area contributed by atoms with E-state index >= 15 is 0 Å². The van der Waals surface area contributed by atoms with E-state index in [-0.39, 0.29) is 11.9 Å². The fourth-order valence-electron chi connectivity index (χ4n) is 2.24. The summed E-state index contributed by atoms with van der Waals surface area (Å²) < 4.78 is 13.5. The summed E-state index contributed by atoms with van der Waals surface area (Å²) in [4.78, 5) is 0. The molecule has 1 nitrogen and oxygen atoms in total. The smallest absolute Gasteiger partial charge is 0.127 e. The van der Waals surface area contributed by atoms with Crippen molar-refractivity contribution in [1.29, 1.82) is 0 Å². The van der Waals surface area contributed by atoms with E-state index in [2.05, 4.69) is 44.3 Å². The minimum absolute atomic E-state index is 0.150. The number of hydrogen-bond acceptors (Lipinski definition) is 1. The fraction of sp³-hybridized carbons (Fsp3) is 0.294. The third kappa shape index (κ3) is 3.42. The summed E-state index contributed by atoms with van der Waals surface area (Å²) in [5.74, 6) is -0.150. The molecule has 0 bridgehead atoms. The van der Waals surface area contributed by atoms with Gasteiger partial charge in [0, 0.05) is 18.2 Å². The number of rotatable bonds is 4. The summed E-state index contributed by atoms with van der Waals surface area (Å²) in [5.41, 5.74) is 4.50. The Morgan fingerprint density at radius 2 is 1.84 bits per heavy atom. The van der Waals surface area contributed by atoms with Crippen LogP contribution in [0.15, 0.2) is 42.5 Å². The molecule has 0 aromatic heterocycles. The zero-order valence-corrected chi connectivity index (χ0v) is 11.7. The number of hydrogen-bond donors (Lipinski definition) is 1. The first-order valence-electron chi connectivity index (χ1n) is 6.62. The first kappa shape index (κ1) is 13.8. The Morgan fingerprint density at radius 1 is 1.11 bits per heavy atom. The van der Waals surface area contributed by atoms with Gasteiger partial charge in [-0.1, -0.05) is 42.0 Å². The second kappa shape index (κ2) is 5.98. The van der Waals surface area contributed by atoms with E-state index in [0.29, 0.717) is 12.1 Å². The van der Waals surface area contributed by atoms with Crippen molar-refractivity contribution in [2.45, 2.75) is 33.4 Å². The molecule has 0 amide bonds. The van der Waals surface area contributed by atoms with E-state index in [1.807, 2.05) is 12.1 Å². The summed E-state index contributed by atoms with van der Waals surface area (Å²) >= 11 is 0. The largest absolute Gasteiger partial charge is 0.306 e. The van der Waals surface area contributed by atoms with Crippen LogP contribution in [-0.2, 0) is 6.54 Å². The quantitative estimate of drug-likeness (QED) is 0.861. The molecule has 0 heterocycles. The summed E-state index contributed by atoms with van der Waals surface area (Å²) in [6.45, 7) is 6.85. The van der Waals surface area contributed by atoms with Crippen LogP contribution in [0.1, 0.15) is 35.2 Å². The predicted octanol–water partition coefficient (Wildman–Crippen LogP) is 4.29. The Bertz CT molecular complexity index is 563. The van der Waals surface area contributed by atoms with Crippen LogP contribution in [0.4, 0.5) is 4.39 Å². The summed E-state index contributed by atoms with van der Waals surface area (Å²) in [5, 5.41) is 3.38. The van der Waals surface area contributed by atoms with Gasteiger partial charge in [-0.15, -0.1) is 0 Å². The van der Waals surface area contributed by atoms with Crippen LogP contribution in [0.5, 0.6) is 0 Å². The van der Waals surface area contributed by atoms with Crippen LogP contribution in [0.3, 0.4) is 0 Å². The highest BCUT2D eigenvalue weighted by Gasteiger charge is 2.09. The Balaban J connectivity index is 2.07. The van der Waals surface area contributed by atoms with Crippen LogP contribution in [0.2, 0.25) is 0 Å². The van der Waals surface area contributed by atoms with Crippen molar-refractivity contribution in [3.8, 4) is 0 Å². The van der Waals surface area contributed by atoms with Crippen molar-refractivity contribution in [3.05, 3.63) is 70.5 Å². The maximum atomic E-state index is 13.5. The van der Waals surface area contributed by atoms with Crippen LogP contribution < -0.4 is 5.32 Å². The number of aryl methyl sites for hydroxylation is 2. The highest BCUT2D eigenvalue weighted by atomic mass is 19.1. The van der Waals surface area contributed by atoms with Crippen LogP contribution >= 0.6 is 0 Å².